The van der Waals surface area contributed by atoms with E-state index in [1.807, 2.05) is 19.1 Å². The fourth-order valence-corrected chi connectivity index (χ4v) is 1.14. The van der Waals surface area contributed by atoms with Gasteiger partial charge in [-0.1, -0.05) is 0 Å². The van der Waals surface area contributed by atoms with E-state index >= 15 is 0 Å². The third-order valence-electron chi connectivity index (χ3n) is 1.91. The Balaban J connectivity index is 2.68. The van der Waals surface area contributed by atoms with E-state index in [1.165, 1.54) is 0 Å². The summed E-state index contributed by atoms with van der Waals surface area (Å²) in [5.74, 6) is 1.20. The normalized spacial score (nSPS) is 9.53. The zero-order valence-corrected chi connectivity index (χ0v) is 9.16. The summed E-state index contributed by atoms with van der Waals surface area (Å²) in [5, 5.41) is 2.48. The highest BCUT2D eigenvalue weighted by molar-refractivity contribution is 5.77. The first kappa shape index (κ1) is 11.4. The Morgan fingerprint density at radius 3 is 2.60 bits per heavy atom. The number of carbonyl (C=O) groups excluding carboxylic acids is 1. The molecule has 4 nitrogen and oxygen atoms in total. The van der Waals surface area contributed by atoms with E-state index in [4.69, 9.17) is 9.47 Å². The smallest absolute Gasteiger partial charge is 0.257 e. The lowest BCUT2D eigenvalue weighted by Crippen LogP contribution is -2.24. The highest BCUT2D eigenvalue weighted by Gasteiger charge is 2.02. The van der Waals surface area contributed by atoms with Gasteiger partial charge in [0.25, 0.3) is 5.91 Å². The Morgan fingerprint density at radius 2 is 2.00 bits per heavy atom. The van der Waals surface area contributed by atoms with Crippen LogP contribution >= 0.6 is 0 Å². The van der Waals surface area contributed by atoms with Gasteiger partial charge in [-0.15, -0.1) is 0 Å². The number of ether oxygens (including phenoxy) is 2. The molecule has 0 aliphatic rings. The number of hydrogen-bond donors (Lipinski definition) is 1. The number of benzene rings is 1. The molecule has 1 aromatic carbocycles. The van der Waals surface area contributed by atoms with Gasteiger partial charge in [-0.25, -0.2) is 0 Å². The minimum Gasteiger partial charge on any atom is -0.497 e. The summed E-state index contributed by atoms with van der Waals surface area (Å²) in [6, 6.07) is 5.49. The van der Waals surface area contributed by atoms with E-state index in [0.29, 0.717) is 5.75 Å². The van der Waals surface area contributed by atoms with Gasteiger partial charge in [0.15, 0.2) is 6.61 Å². The van der Waals surface area contributed by atoms with E-state index < -0.39 is 0 Å². The number of amides is 1. The van der Waals surface area contributed by atoms with Crippen molar-refractivity contribution < 1.29 is 14.3 Å². The van der Waals surface area contributed by atoms with Crippen LogP contribution in [0.5, 0.6) is 11.5 Å². The van der Waals surface area contributed by atoms with Gasteiger partial charge in [0, 0.05) is 13.1 Å². The van der Waals surface area contributed by atoms with Crippen molar-refractivity contribution in [3.05, 3.63) is 23.8 Å². The molecule has 0 spiro atoms. The minimum absolute atomic E-state index is 0.0170. The Labute approximate surface area is 89.2 Å². The van der Waals surface area contributed by atoms with E-state index in [9.17, 15) is 4.79 Å². The molecule has 0 aromatic heterocycles. The molecule has 4 heteroatoms. The van der Waals surface area contributed by atoms with Crippen LogP contribution in [0.3, 0.4) is 0 Å². The summed E-state index contributed by atoms with van der Waals surface area (Å²) >= 11 is 0. The molecule has 0 saturated heterocycles. The molecule has 0 unspecified atom stereocenters. The number of likely N-dealkylation sites (N-methyl/N-ethyl adjacent to an activating group) is 1. The van der Waals surface area contributed by atoms with Crippen LogP contribution in [0, 0.1) is 6.92 Å². The van der Waals surface area contributed by atoms with Gasteiger partial charge in [0.1, 0.15) is 11.5 Å². The number of rotatable bonds is 4. The number of nitrogens with one attached hydrogen (secondary N) is 1. The Morgan fingerprint density at radius 1 is 1.33 bits per heavy atom. The number of carbonyl (C=O) groups is 1. The first-order valence-corrected chi connectivity index (χ1v) is 4.64. The van der Waals surface area contributed by atoms with Gasteiger partial charge < -0.3 is 14.8 Å². The van der Waals surface area contributed by atoms with Gasteiger partial charge in [0.2, 0.25) is 0 Å². The zero-order chi connectivity index (χ0) is 11.3. The molecule has 1 N–H and O–H groups in total. The van der Waals surface area contributed by atoms with Crippen molar-refractivity contribution in [2.45, 2.75) is 6.92 Å². The molecule has 82 valence electrons. The van der Waals surface area contributed by atoms with Crippen LogP contribution in [0.15, 0.2) is 18.2 Å². The van der Waals surface area contributed by atoms with E-state index in [-0.39, 0.29) is 12.5 Å². The highest BCUT2D eigenvalue weighted by Crippen LogP contribution is 2.21. The van der Waals surface area contributed by atoms with Crippen LogP contribution < -0.4 is 14.8 Å². The minimum atomic E-state index is -0.157. The van der Waals surface area contributed by atoms with Crippen molar-refractivity contribution in [3.63, 3.8) is 0 Å². The van der Waals surface area contributed by atoms with Crippen molar-refractivity contribution in [2.75, 3.05) is 20.8 Å². The van der Waals surface area contributed by atoms with E-state index in [1.54, 1.807) is 20.2 Å². The largest absolute Gasteiger partial charge is 0.497 e. The van der Waals surface area contributed by atoms with Crippen LogP contribution in [0.2, 0.25) is 0 Å². The molecule has 1 rings (SSSR count). The molecule has 0 radical (unpaired) electrons. The average molecular weight is 209 g/mol. The lowest BCUT2D eigenvalue weighted by molar-refractivity contribution is -0.122. The Bertz CT molecular complexity index is 350. The van der Waals surface area contributed by atoms with Crippen molar-refractivity contribution in [1.29, 1.82) is 0 Å². The summed E-state index contributed by atoms with van der Waals surface area (Å²) in [6.45, 7) is 1.96. The van der Waals surface area contributed by atoms with Crippen molar-refractivity contribution in [3.8, 4) is 11.5 Å². The third kappa shape index (κ3) is 3.50. The number of aryl methyl sites for hydroxylation is 1. The lowest BCUT2D eigenvalue weighted by Gasteiger charge is -2.08. The first-order valence-electron chi connectivity index (χ1n) is 4.64. The number of hydrogen-bond acceptors (Lipinski definition) is 3. The maximum atomic E-state index is 11.0. The Kier molecular flexibility index (Phi) is 3.97. The highest BCUT2D eigenvalue weighted by atomic mass is 16.5. The third-order valence-corrected chi connectivity index (χ3v) is 1.91. The molecule has 0 atom stereocenters. The Hall–Kier alpha value is -1.71. The van der Waals surface area contributed by atoms with Gasteiger partial charge in [-0.05, 0) is 24.6 Å². The fourth-order valence-electron chi connectivity index (χ4n) is 1.14. The molecule has 0 saturated carbocycles. The molecule has 0 aliphatic heterocycles. The van der Waals surface area contributed by atoms with Crippen LogP contribution in [0.1, 0.15) is 5.56 Å². The molecule has 0 aliphatic carbocycles. The molecule has 0 heterocycles. The maximum absolute atomic E-state index is 11.0. The summed E-state index contributed by atoms with van der Waals surface area (Å²) in [7, 11) is 3.17. The SMILES string of the molecule is CNC(=O)COc1cc(C)cc(OC)c1. The molecule has 1 aromatic rings. The zero-order valence-electron chi connectivity index (χ0n) is 9.16. The molecule has 1 amide bonds. The molecular weight excluding hydrogens is 194 g/mol. The van der Waals surface area contributed by atoms with Crippen molar-refractivity contribution in [1.82, 2.24) is 5.32 Å². The molecule has 0 fully saturated rings. The molecule has 15 heavy (non-hydrogen) atoms. The van der Waals surface area contributed by atoms with Gasteiger partial charge >= 0.3 is 0 Å². The predicted molar refractivity (Wildman–Crippen MR) is 57.3 cm³/mol. The van der Waals surface area contributed by atoms with E-state index in [0.717, 1.165) is 11.3 Å². The monoisotopic (exact) mass is 209 g/mol. The van der Waals surface area contributed by atoms with Crippen LogP contribution in [-0.2, 0) is 4.79 Å². The molecule has 0 bridgehead atoms. The number of methoxy groups -OCH3 is 1. The van der Waals surface area contributed by atoms with Crippen molar-refractivity contribution in [2.24, 2.45) is 0 Å². The van der Waals surface area contributed by atoms with Crippen LogP contribution in [0.4, 0.5) is 0 Å². The second-order valence-corrected chi connectivity index (χ2v) is 3.15. The van der Waals surface area contributed by atoms with E-state index in [2.05, 4.69) is 5.32 Å². The topological polar surface area (TPSA) is 47.6 Å². The van der Waals surface area contributed by atoms with Crippen molar-refractivity contribution >= 4 is 5.91 Å². The second kappa shape index (κ2) is 5.24. The summed E-state index contributed by atoms with van der Waals surface area (Å²) in [4.78, 5) is 11.0. The van der Waals surface area contributed by atoms with Gasteiger partial charge in [-0.2, -0.15) is 0 Å². The van der Waals surface area contributed by atoms with Crippen LogP contribution in [-0.4, -0.2) is 26.7 Å². The van der Waals surface area contributed by atoms with Crippen LogP contribution in [0.25, 0.3) is 0 Å². The predicted octanol–water partition coefficient (Wildman–Crippen LogP) is 1.13. The standard InChI is InChI=1S/C11H15NO3/c1-8-4-9(14-3)6-10(5-8)15-7-11(13)12-2/h4-6H,7H2,1-3H3,(H,12,13). The summed E-state index contributed by atoms with van der Waals surface area (Å²) in [6.07, 6.45) is 0. The maximum Gasteiger partial charge on any atom is 0.257 e. The fraction of sp³-hybridized carbons (Fsp3) is 0.364. The first-order chi connectivity index (χ1) is 7.15. The van der Waals surface area contributed by atoms with Gasteiger partial charge in [0.05, 0.1) is 7.11 Å². The van der Waals surface area contributed by atoms with Gasteiger partial charge in [-0.3, -0.25) is 4.79 Å². The summed E-state index contributed by atoms with van der Waals surface area (Å²) in [5.41, 5.74) is 1.03. The average Bonchev–Trinajstić information content (AvgIpc) is 2.25. The summed E-state index contributed by atoms with van der Waals surface area (Å²) < 4.78 is 10.4. The molecular formula is C11H15NO3. The second-order valence-electron chi connectivity index (χ2n) is 3.15. The lowest BCUT2D eigenvalue weighted by atomic mass is 10.2. The quantitative estimate of drug-likeness (QED) is 0.808.